The predicted octanol–water partition coefficient (Wildman–Crippen LogP) is 3.49. The van der Waals surface area contributed by atoms with Crippen LogP contribution < -0.4 is 24.4 Å². The number of nitrogens with zero attached hydrogens (tertiary/aromatic N) is 3. The zero-order chi connectivity index (χ0) is 25.9. The average molecular weight is 515 g/mol. The summed E-state index contributed by atoms with van der Waals surface area (Å²) >= 11 is 0. The molecule has 3 aromatic rings. The molecule has 0 unspecified atom stereocenters. The number of nitro benzene ring substituents is 2. The highest BCUT2D eigenvalue weighted by molar-refractivity contribution is 7.92. The first kappa shape index (κ1) is 24.2. The van der Waals surface area contributed by atoms with Crippen LogP contribution >= 0.6 is 0 Å². The van der Waals surface area contributed by atoms with Crippen LogP contribution in [0.1, 0.15) is 5.56 Å². The lowest BCUT2D eigenvalue weighted by Crippen LogP contribution is -2.14. The van der Waals surface area contributed by atoms with Crippen molar-refractivity contribution in [1.29, 1.82) is 0 Å². The van der Waals surface area contributed by atoms with Gasteiger partial charge in [-0.1, -0.05) is 12.1 Å². The molecule has 0 aromatic heterocycles. The van der Waals surface area contributed by atoms with Crippen LogP contribution in [0.2, 0.25) is 0 Å². The Labute approximate surface area is 203 Å². The molecule has 0 radical (unpaired) electrons. The van der Waals surface area contributed by atoms with Crippen molar-refractivity contribution in [2.75, 3.05) is 24.1 Å². The van der Waals surface area contributed by atoms with E-state index in [-0.39, 0.29) is 51.6 Å². The van der Waals surface area contributed by atoms with Crippen molar-refractivity contribution in [3.05, 3.63) is 80.4 Å². The molecular formula is C21H17N5O9S. The number of rotatable bonds is 9. The Hall–Kier alpha value is -4.92. The first-order valence-corrected chi connectivity index (χ1v) is 11.5. The average Bonchev–Trinajstić information content (AvgIpc) is 3.31. The summed E-state index contributed by atoms with van der Waals surface area (Å²) in [7, 11) is -2.83. The summed E-state index contributed by atoms with van der Waals surface area (Å²) in [5.41, 5.74) is 1.58. The Kier molecular flexibility index (Phi) is 6.56. The maximum absolute atomic E-state index is 12.8. The van der Waals surface area contributed by atoms with E-state index >= 15 is 0 Å². The molecule has 1 aliphatic rings. The number of nitrogens with one attached hydrogen (secondary N) is 2. The third kappa shape index (κ3) is 4.95. The van der Waals surface area contributed by atoms with Crippen LogP contribution in [0.5, 0.6) is 17.2 Å². The van der Waals surface area contributed by atoms with Crippen LogP contribution in [0.3, 0.4) is 0 Å². The van der Waals surface area contributed by atoms with Crippen LogP contribution in [0.4, 0.5) is 22.7 Å². The van der Waals surface area contributed by atoms with Gasteiger partial charge in [0.05, 0.1) is 45.4 Å². The van der Waals surface area contributed by atoms with Crippen molar-refractivity contribution >= 4 is 39.0 Å². The summed E-state index contributed by atoms with van der Waals surface area (Å²) in [6, 6.07) is 12.0. The number of anilines is 2. The van der Waals surface area contributed by atoms with Crippen molar-refractivity contribution in [2.45, 2.75) is 4.90 Å². The molecule has 3 aromatic carbocycles. The first-order chi connectivity index (χ1) is 17.2. The van der Waals surface area contributed by atoms with Gasteiger partial charge in [-0.3, -0.25) is 30.4 Å². The molecule has 2 N–H and O–H groups in total. The zero-order valence-corrected chi connectivity index (χ0v) is 19.2. The topological polar surface area (TPSA) is 185 Å². The molecule has 15 heteroatoms. The van der Waals surface area contributed by atoms with E-state index in [0.29, 0.717) is 0 Å². The van der Waals surface area contributed by atoms with E-state index in [0.717, 1.165) is 24.4 Å². The molecule has 0 fully saturated rings. The highest BCUT2D eigenvalue weighted by Gasteiger charge is 2.24. The molecular weight excluding hydrogens is 498 g/mol. The van der Waals surface area contributed by atoms with Gasteiger partial charge in [0.1, 0.15) is 11.4 Å². The van der Waals surface area contributed by atoms with Gasteiger partial charge in [0, 0.05) is 6.07 Å². The summed E-state index contributed by atoms with van der Waals surface area (Å²) in [6.45, 7) is -0.0846. The number of sulfonamides is 1. The van der Waals surface area contributed by atoms with Crippen molar-refractivity contribution in [2.24, 2.45) is 5.10 Å². The molecule has 186 valence electrons. The lowest BCUT2D eigenvalue weighted by atomic mass is 10.1. The van der Waals surface area contributed by atoms with Gasteiger partial charge < -0.3 is 14.2 Å². The minimum Gasteiger partial charge on any atom is -0.495 e. The molecule has 0 saturated heterocycles. The minimum atomic E-state index is -4.20. The predicted molar refractivity (Wildman–Crippen MR) is 127 cm³/mol. The lowest BCUT2D eigenvalue weighted by Gasteiger charge is -2.12. The van der Waals surface area contributed by atoms with Gasteiger partial charge in [-0.15, -0.1) is 0 Å². The van der Waals surface area contributed by atoms with Crippen molar-refractivity contribution in [3.8, 4) is 17.2 Å². The monoisotopic (exact) mass is 515 g/mol. The number of hydrogen-bond donors (Lipinski definition) is 2. The van der Waals surface area contributed by atoms with Crippen molar-refractivity contribution in [1.82, 2.24) is 0 Å². The Morgan fingerprint density at radius 1 is 0.972 bits per heavy atom. The fraction of sp³-hybridized carbons (Fsp3) is 0.0952. The number of ether oxygens (including phenoxy) is 3. The van der Waals surface area contributed by atoms with Gasteiger partial charge in [0.15, 0.2) is 11.5 Å². The van der Waals surface area contributed by atoms with Crippen LogP contribution in [0.15, 0.2) is 64.6 Å². The Balaban J connectivity index is 1.60. The second kappa shape index (κ2) is 9.75. The molecule has 0 spiro atoms. The van der Waals surface area contributed by atoms with E-state index < -0.39 is 25.6 Å². The molecule has 14 nitrogen and oxygen atoms in total. The van der Waals surface area contributed by atoms with Gasteiger partial charge >= 0.3 is 0 Å². The van der Waals surface area contributed by atoms with Crippen LogP contribution in [-0.2, 0) is 10.0 Å². The second-order valence-electron chi connectivity index (χ2n) is 7.13. The molecule has 1 aliphatic heterocycles. The Morgan fingerprint density at radius 3 is 2.36 bits per heavy atom. The summed E-state index contributed by atoms with van der Waals surface area (Å²) in [4.78, 5) is 21.2. The fourth-order valence-corrected chi connectivity index (χ4v) is 4.33. The van der Waals surface area contributed by atoms with Gasteiger partial charge in [-0.2, -0.15) is 5.10 Å². The molecule has 0 amide bonds. The standard InChI is InChI=1S/C21H17N5O9S/c1-33-19-5-3-2-4-16(19)24-36(31,32)14-6-7-15(18(9-14)26(29)30)23-22-11-13-8-20-21(35-12-34-20)10-17(13)25(27)28/h2-11,23-24H,12H2,1H3. The number of hydrazone groups is 1. The highest BCUT2D eigenvalue weighted by atomic mass is 32.2. The second-order valence-corrected chi connectivity index (χ2v) is 8.82. The molecule has 0 bridgehead atoms. The van der Waals surface area contributed by atoms with E-state index in [1.807, 2.05) is 0 Å². The van der Waals surface area contributed by atoms with Gasteiger partial charge in [-0.25, -0.2) is 8.42 Å². The molecule has 0 saturated carbocycles. The van der Waals surface area contributed by atoms with E-state index in [1.165, 1.54) is 25.3 Å². The molecule has 36 heavy (non-hydrogen) atoms. The molecule has 0 aliphatic carbocycles. The molecule has 0 atom stereocenters. The van der Waals surface area contributed by atoms with E-state index in [2.05, 4.69) is 15.2 Å². The lowest BCUT2D eigenvalue weighted by molar-refractivity contribution is -0.385. The Bertz CT molecular complexity index is 1490. The van der Waals surface area contributed by atoms with Crippen LogP contribution in [-0.4, -0.2) is 38.4 Å². The van der Waals surface area contributed by atoms with E-state index in [9.17, 15) is 28.6 Å². The van der Waals surface area contributed by atoms with Gasteiger partial charge in [-0.05, 0) is 30.3 Å². The smallest absolute Gasteiger partial charge is 0.295 e. The zero-order valence-electron chi connectivity index (χ0n) is 18.4. The number of hydrogen-bond acceptors (Lipinski definition) is 11. The number of para-hydroxylation sites is 2. The van der Waals surface area contributed by atoms with Crippen LogP contribution in [0.25, 0.3) is 0 Å². The quantitative estimate of drug-likeness (QED) is 0.243. The summed E-state index contributed by atoms with van der Waals surface area (Å²) in [6.07, 6.45) is 1.08. The third-order valence-corrected chi connectivity index (χ3v) is 6.30. The SMILES string of the molecule is COc1ccccc1NS(=O)(=O)c1ccc(NN=Cc2cc3c(cc2[N+](=O)[O-])OCO3)c([N+](=O)[O-])c1. The largest absolute Gasteiger partial charge is 0.495 e. The third-order valence-electron chi connectivity index (χ3n) is 4.93. The van der Waals surface area contributed by atoms with Gasteiger partial charge in [0.25, 0.3) is 21.4 Å². The number of methoxy groups -OCH3 is 1. The van der Waals surface area contributed by atoms with E-state index in [4.69, 9.17) is 14.2 Å². The normalized spacial score (nSPS) is 12.4. The Morgan fingerprint density at radius 2 is 1.67 bits per heavy atom. The number of benzene rings is 3. The highest BCUT2D eigenvalue weighted by Crippen LogP contribution is 2.37. The summed E-state index contributed by atoms with van der Waals surface area (Å²) < 4.78 is 43.4. The first-order valence-electron chi connectivity index (χ1n) is 10.0. The maximum Gasteiger partial charge on any atom is 0.295 e. The minimum absolute atomic E-state index is 0.0552. The van der Waals surface area contributed by atoms with E-state index in [1.54, 1.807) is 18.2 Å². The molecule has 4 rings (SSSR count). The fourth-order valence-electron chi connectivity index (χ4n) is 3.24. The maximum atomic E-state index is 12.8. The molecule has 1 heterocycles. The van der Waals surface area contributed by atoms with Crippen molar-refractivity contribution in [3.63, 3.8) is 0 Å². The summed E-state index contributed by atoms with van der Waals surface area (Å²) in [5, 5.41) is 26.8. The number of fused-ring (bicyclic) bond motifs is 1. The van der Waals surface area contributed by atoms with Gasteiger partial charge in [0.2, 0.25) is 6.79 Å². The number of nitro groups is 2. The van der Waals surface area contributed by atoms with Crippen LogP contribution in [0, 0.1) is 20.2 Å². The van der Waals surface area contributed by atoms with Crippen molar-refractivity contribution < 1.29 is 32.5 Å². The summed E-state index contributed by atoms with van der Waals surface area (Å²) in [5.74, 6) is 0.756.